The fraction of sp³-hybridized carbons (Fsp3) is 0.188. The zero-order valence-corrected chi connectivity index (χ0v) is 10.9. The van der Waals surface area contributed by atoms with Gasteiger partial charge in [-0.2, -0.15) is 0 Å². The first kappa shape index (κ1) is 12.8. The van der Waals surface area contributed by atoms with E-state index >= 15 is 0 Å². The lowest BCUT2D eigenvalue weighted by molar-refractivity contribution is 0.515. The normalized spacial score (nSPS) is 11.1. The van der Waals surface area contributed by atoms with Gasteiger partial charge in [0, 0.05) is 6.42 Å². The van der Waals surface area contributed by atoms with Crippen molar-refractivity contribution in [1.29, 1.82) is 0 Å². The molecule has 0 unspecified atom stereocenters. The van der Waals surface area contributed by atoms with Gasteiger partial charge in [-0.05, 0) is 30.5 Å². The molecule has 2 nitrogen and oxygen atoms in total. The highest BCUT2D eigenvalue weighted by atomic mass is 19.2. The summed E-state index contributed by atoms with van der Waals surface area (Å²) >= 11 is 0. The van der Waals surface area contributed by atoms with E-state index in [1.807, 2.05) is 18.2 Å². The SMILES string of the molecule is Fc1ccc2[nH]c(CCCc3ccccc3)nc2c1F. The van der Waals surface area contributed by atoms with Crippen LogP contribution >= 0.6 is 0 Å². The van der Waals surface area contributed by atoms with Gasteiger partial charge in [-0.3, -0.25) is 0 Å². The third-order valence-electron chi connectivity index (χ3n) is 3.32. The smallest absolute Gasteiger partial charge is 0.186 e. The summed E-state index contributed by atoms with van der Waals surface area (Å²) in [6, 6.07) is 12.8. The summed E-state index contributed by atoms with van der Waals surface area (Å²) in [5.74, 6) is -1.05. The maximum atomic E-state index is 13.5. The van der Waals surface area contributed by atoms with Crippen molar-refractivity contribution in [3.8, 4) is 0 Å². The van der Waals surface area contributed by atoms with E-state index in [1.54, 1.807) is 0 Å². The largest absolute Gasteiger partial charge is 0.342 e. The Morgan fingerprint density at radius 2 is 1.75 bits per heavy atom. The van der Waals surface area contributed by atoms with E-state index in [0.717, 1.165) is 18.9 Å². The van der Waals surface area contributed by atoms with Crippen LogP contribution in [0.25, 0.3) is 11.0 Å². The number of aryl methyl sites for hydroxylation is 2. The van der Waals surface area contributed by atoms with Crippen molar-refractivity contribution in [2.75, 3.05) is 0 Å². The highest BCUT2D eigenvalue weighted by Crippen LogP contribution is 2.18. The van der Waals surface area contributed by atoms with Crippen LogP contribution in [0.2, 0.25) is 0 Å². The molecule has 0 aliphatic rings. The van der Waals surface area contributed by atoms with E-state index in [9.17, 15) is 8.78 Å². The summed E-state index contributed by atoms with van der Waals surface area (Å²) in [5.41, 5.74) is 1.89. The van der Waals surface area contributed by atoms with Gasteiger partial charge in [0.1, 0.15) is 11.3 Å². The van der Waals surface area contributed by atoms with Crippen molar-refractivity contribution in [3.63, 3.8) is 0 Å². The van der Waals surface area contributed by atoms with Gasteiger partial charge in [-0.15, -0.1) is 0 Å². The number of hydrogen-bond donors (Lipinski definition) is 1. The van der Waals surface area contributed by atoms with Crippen LogP contribution in [0, 0.1) is 11.6 Å². The molecule has 0 bridgehead atoms. The van der Waals surface area contributed by atoms with Crippen LogP contribution in [0.5, 0.6) is 0 Å². The molecule has 0 spiro atoms. The van der Waals surface area contributed by atoms with Gasteiger partial charge in [0.25, 0.3) is 0 Å². The van der Waals surface area contributed by atoms with E-state index in [2.05, 4.69) is 22.1 Å². The lowest BCUT2D eigenvalue weighted by atomic mass is 10.1. The highest BCUT2D eigenvalue weighted by Gasteiger charge is 2.11. The Hall–Kier alpha value is -2.23. The van der Waals surface area contributed by atoms with Crippen molar-refractivity contribution in [3.05, 3.63) is 65.5 Å². The van der Waals surface area contributed by atoms with Crippen LogP contribution in [0.1, 0.15) is 17.8 Å². The first-order valence-electron chi connectivity index (χ1n) is 6.60. The molecule has 0 amide bonds. The third-order valence-corrected chi connectivity index (χ3v) is 3.32. The second-order valence-corrected chi connectivity index (χ2v) is 4.78. The van der Waals surface area contributed by atoms with Gasteiger partial charge in [-0.25, -0.2) is 13.8 Å². The molecule has 0 radical (unpaired) electrons. The molecule has 0 atom stereocenters. The number of benzene rings is 2. The summed E-state index contributed by atoms with van der Waals surface area (Å²) in [5, 5.41) is 0. The van der Waals surface area contributed by atoms with E-state index in [1.165, 1.54) is 11.6 Å². The highest BCUT2D eigenvalue weighted by molar-refractivity contribution is 5.75. The topological polar surface area (TPSA) is 28.7 Å². The zero-order valence-electron chi connectivity index (χ0n) is 10.9. The Balaban J connectivity index is 1.71. The number of halogens is 2. The quantitative estimate of drug-likeness (QED) is 0.763. The fourth-order valence-corrected chi connectivity index (χ4v) is 2.29. The van der Waals surface area contributed by atoms with E-state index in [-0.39, 0.29) is 5.52 Å². The molecule has 1 N–H and O–H groups in total. The van der Waals surface area contributed by atoms with Crippen molar-refractivity contribution < 1.29 is 8.78 Å². The molecular weight excluding hydrogens is 258 g/mol. The van der Waals surface area contributed by atoms with Gasteiger partial charge in [0.05, 0.1) is 5.52 Å². The number of nitrogens with zero attached hydrogens (tertiary/aromatic N) is 1. The fourth-order valence-electron chi connectivity index (χ4n) is 2.29. The van der Waals surface area contributed by atoms with E-state index < -0.39 is 11.6 Å². The standard InChI is InChI=1S/C16H14F2N2/c17-12-9-10-13-16(15(12)18)20-14(19-13)8-4-7-11-5-2-1-3-6-11/h1-3,5-6,9-10H,4,7-8H2,(H,19,20). The van der Waals surface area contributed by atoms with Gasteiger partial charge in [-0.1, -0.05) is 30.3 Å². The molecule has 0 saturated carbocycles. The molecule has 0 aliphatic carbocycles. The monoisotopic (exact) mass is 272 g/mol. The molecule has 3 aromatic rings. The Kier molecular flexibility index (Phi) is 3.46. The number of aromatic amines is 1. The van der Waals surface area contributed by atoms with Crippen LogP contribution in [0.4, 0.5) is 8.78 Å². The minimum Gasteiger partial charge on any atom is -0.342 e. The van der Waals surface area contributed by atoms with Gasteiger partial charge in [0.2, 0.25) is 0 Å². The first-order chi connectivity index (χ1) is 9.74. The summed E-state index contributed by atoms with van der Waals surface area (Å²) in [4.78, 5) is 7.17. The maximum Gasteiger partial charge on any atom is 0.186 e. The molecule has 2 aromatic carbocycles. The number of H-pyrrole nitrogens is 1. The Labute approximate surface area is 115 Å². The number of aromatic nitrogens is 2. The first-order valence-corrected chi connectivity index (χ1v) is 6.60. The van der Waals surface area contributed by atoms with Gasteiger partial charge < -0.3 is 4.98 Å². The lowest BCUT2D eigenvalue weighted by Gasteiger charge is -1.99. The molecule has 0 saturated heterocycles. The number of fused-ring (bicyclic) bond motifs is 1. The summed E-state index contributed by atoms with van der Waals surface area (Å²) in [6.07, 6.45) is 2.56. The van der Waals surface area contributed by atoms with Crippen molar-refractivity contribution >= 4 is 11.0 Å². The molecule has 20 heavy (non-hydrogen) atoms. The van der Waals surface area contributed by atoms with E-state index in [4.69, 9.17) is 0 Å². The van der Waals surface area contributed by atoms with Crippen LogP contribution < -0.4 is 0 Å². The molecule has 1 aromatic heterocycles. The Morgan fingerprint density at radius 3 is 2.55 bits per heavy atom. The molecule has 0 aliphatic heterocycles. The second kappa shape index (κ2) is 5.41. The van der Waals surface area contributed by atoms with Crippen LogP contribution in [0.15, 0.2) is 42.5 Å². The predicted octanol–water partition coefficient (Wildman–Crippen LogP) is 4.02. The van der Waals surface area contributed by atoms with Gasteiger partial charge >= 0.3 is 0 Å². The average Bonchev–Trinajstić information content (AvgIpc) is 2.88. The molecule has 0 fully saturated rings. The minimum absolute atomic E-state index is 0.0831. The maximum absolute atomic E-state index is 13.5. The third kappa shape index (κ3) is 2.54. The molecule has 4 heteroatoms. The Morgan fingerprint density at radius 1 is 0.950 bits per heavy atom. The van der Waals surface area contributed by atoms with Crippen molar-refractivity contribution in [1.82, 2.24) is 9.97 Å². The number of hydrogen-bond acceptors (Lipinski definition) is 1. The molecule has 102 valence electrons. The summed E-state index contributed by atoms with van der Waals surface area (Å²) in [7, 11) is 0. The van der Waals surface area contributed by atoms with E-state index in [0.29, 0.717) is 17.8 Å². The number of nitrogens with one attached hydrogen (secondary N) is 1. The number of rotatable bonds is 4. The molecule has 3 rings (SSSR count). The second-order valence-electron chi connectivity index (χ2n) is 4.78. The molecular formula is C16H14F2N2. The van der Waals surface area contributed by atoms with Gasteiger partial charge in [0.15, 0.2) is 11.6 Å². The zero-order chi connectivity index (χ0) is 13.9. The summed E-state index contributed by atoms with van der Waals surface area (Å²) < 4.78 is 26.6. The van der Waals surface area contributed by atoms with Crippen LogP contribution in [-0.2, 0) is 12.8 Å². The van der Waals surface area contributed by atoms with Crippen molar-refractivity contribution in [2.24, 2.45) is 0 Å². The van der Waals surface area contributed by atoms with Crippen LogP contribution in [-0.4, -0.2) is 9.97 Å². The summed E-state index contributed by atoms with van der Waals surface area (Å²) in [6.45, 7) is 0. The van der Waals surface area contributed by atoms with Crippen molar-refractivity contribution in [2.45, 2.75) is 19.3 Å². The van der Waals surface area contributed by atoms with Crippen LogP contribution in [0.3, 0.4) is 0 Å². The molecule has 1 heterocycles. The minimum atomic E-state index is -0.881. The number of imidazole rings is 1. The predicted molar refractivity (Wildman–Crippen MR) is 74.5 cm³/mol. The Bertz CT molecular complexity index is 720. The lowest BCUT2D eigenvalue weighted by Crippen LogP contribution is -1.91. The average molecular weight is 272 g/mol.